The van der Waals surface area contributed by atoms with Gasteiger partial charge in [0.25, 0.3) is 0 Å². The van der Waals surface area contributed by atoms with Crippen molar-refractivity contribution in [3.63, 3.8) is 0 Å². The van der Waals surface area contributed by atoms with Crippen LogP contribution in [-0.4, -0.2) is 18.4 Å². The van der Waals surface area contributed by atoms with Crippen LogP contribution < -0.4 is 15.5 Å². The lowest BCUT2D eigenvalue weighted by Crippen LogP contribution is -2.23. The Bertz CT molecular complexity index is 681. The summed E-state index contributed by atoms with van der Waals surface area (Å²) in [7, 11) is 1.64. The smallest absolute Gasteiger partial charge is 0.191 e. The molecular formula is C17H19N3OS. The molecule has 22 heavy (non-hydrogen) atoms. The second-order valence-corrected chi connectivity index (χ2v) is 5.32. The molecule has 0 fully saturated rings. The monoisotopic (exact) mass is 313 g/mol. The SMILES string of the molecule is COc1ccc(NC(=S)N/N=C\c2ccc(C)cc2C)cc1. The quantitative estimate of drug-likeness (QED) is 0.514. The van der Waals surface area contributed by atoms with Crippen molar-refractivity contribution in [2.24, 2.45) is 5.10 Å². The maximum Gasteiger partial charge on any atom is 0.191 e. The van der Waals surface area contributed by atoms with Crippen LogP contribution in [0.3, 0.4) is 0 Å². The van der Waals surface area contributed by atoms with Crippen LogP contribution in [0.5, 0.6) is 5.75 Å². The number of hydrogen-bond acceptors (Lipinski definition) is 3. The molecule has 0 radical (unpaired) electrons. The molecule has 4 nitrogen and oxygen atoms in total. The van der Waals surface area contributed by atoms with Crippen molar-refractivity contribution in [3.05, 3.63) is 59.2 Å². The van der Waals surface area contributed by atoms with Crippen LogP contribution in [0.1, 0.15) is 16.7 Å². The summed E-state index contributed by atoms with van der Waals surface area (Å²) in [5.41, 5.74) is 7.16. The third kappa shape index (κ3) is 4.56. The first kappa shape index (κ1) is 16.0. The zero-order chi connectivity index (χ0) is 15.9. The fraction of sp³-hybridized carbons (Fsp3) is 0.176. The number of thiocarbonyl (C=S) groups is 1. The highest BCUT2D eigenvalue weighted by Crippen LogP contribution is 2.14. The van der Waals surface area contributed by atoms with Crippen molar-refractivity contribution in [2.45, 2.75) is 13.8 Å². The number of benzene rings is 2. The topological polar surface area (TPSA) is 45.6 Å². The van der Waals surface area contributed by atoms with Gasteiger partial charge in [-0.1, -0.05) is 23.8 Å². The molecule has 0 aliphatic carbocycles. The van der Waals surface area contributed by atoms with Gasteiger partial charge in [0.1, 0.15) is 5.75 Å². The summed E-state index contributed by atoms with van der Waals surface area (Å²) in [6.07, 6.45) is 1.76. The van der Waals surface area contributed by atoms with E-state index in [1.165, 1.54) is 11.1 Å². The summed E-state index contributed by atoms with van der Waals surface area (Å²) in [6, 6.07) is 13.7. The predicted molar refractivity (Wildman–Crippen MR) is 95.9 cm³/mol. The van der Waals surface area contributed by atoms with Gasteiger partial charge >= 0.3 is 0 Å². The normalized spacial score (nSPS) is 10.5. The fourth-order valence-corrected chi connectivity index (χ4v) is 2.13. The molecule has 114 valence electrons. The summed E-state index contributed by atoms with van der Waals surface area (Å²) >= 11 is 5.20. The lowest BCUT2D eigenvalue weighted by Gasteiger charge is -2.08. The highest BCUT2D eigenvalue weighted by atomic mass is 32.1. The average Bonchev–Trinajstić information content (AvgIpc) is 2.50. The Hall–Kier alpha value is -2.40. The Morgan fingerprint density at radius 2 is 1.86 bits per heavy atom. The van der Waals surface area contributed by atoms with E-state index in [1.54, 1.807) is 13.3 Å². The minimum Gasteiger partial charge on any atom is -0.497 e. The molecule has 2 aromatic rings. The van der Waals surface area contributed by atoms with Crippen molar-refractivity contribution >= 4 is 29.2 Å². The number of ether oxygens (including phenoxy) is 1. The van der Waals surface area contributed by atoms with E-state index in [4.69, 9.17) is 17.0 Å². The van der Waals surface area contributed by atoms with E-state index in [9.17, 15) is 0 Å². The van der Waals surface area contributed by atoms with E-state index in [0.29, 0.717) is 5.11 Å². The van der Waals surface area contributed by atoms with Gasteiger partial charge in [0, 0.05) is 5.69 Å². The molecule has 0 spiro atoms. The minimum atomic E-state index is 0.436. The van der Waals surface area contributed by atoms with Gasteiger partial charge in [-0.3, -0.25) is 5.43 Å². The predicted octanol–water partition coefficient (Wildman–Crippen LogP) is 3.63. The minimum absolute atomic E-state index is 0.436. The first-order valence-corrected chi connectivity index (χ1v) is 7.30. The molecular weight excluding hydrogens is 294 g/mol. The zero-order valence-electron chi connectivity index (χ0n) is 12.9. The van der Waals surface area contributed by atoms with Crippen molar-refractivity contribution < 1.29 is 4.74 Å². The number of nitrogens with zero attached hydrogens (tertiary/aromatic N) is 1. The number of rotatable bonds is 4. The van der Waals surface area contributed by atoms with Gasteiger partial charge in [0.15, 0.2) is 5.11 Å². The van der Waals surface area contributed by atoms with E-state index in [-0.39, 0.29) is 0 Å². The lowest BCUT2D eigenvalue weighted by atomic mass is 10.1. The Morgan fingerprint density at radius 3 is 2.50 bits per heavy atom. The van der Waals surface area contributed by atoms with Gasteiger partial charge in [-0.15, -0.1) is 0 Å². The molecule has 2 rings (SSSR count). The lowest BCUT2D eigenvalue weighted by molar-refractivity contribution is 0.415. The van der Waals surface area contributed by atoms with Crippen LogP contribution in [0.4, 0.5) is 5.69 Å². The van der Waals surface area contributed by atoms with Crippen molar-refractivity contribution in [2.75, 3.05) is 12.4 Å². The third-order valence-electron chi connectivity index (χ3n) is 3.14. The van der Waals surface area contributed by atoms with Gasteiger partial charge in [0.2, 0.25) is 0 Å². The highest BCUT2D eigenvalue weighted by Gasteiger charge is 1.98. The first-order valence-electron chi connectivity index (χ1n) is 6.90. The number of aryl methyl sites for hydroxylation is 2. The summed E-state index contributed by atoms with van der Waals surface area (Å²) in [4.78, 5) is 0. The third-order valence-corrected chi connectivity index (χ3v) is 3.34. The molecule has 0 aliphatic heterocycles. The van der Waals surface area contributed by atoms with Crippen molar-refractivity contribution in [1.82, 2.24) is 5.43 Å². The highest BCUT2D eigenvalue weighted by molar-refractivity contribution is 7.80. The molecule has 2 N–H and O–H groups in total. The van der Waals surface area contributed by atoms with Crippen LogP contribution in [0, 0.1) is 13.8 Å². The molecule has 0 atom stereocenters. The summed E-state index contributed by atoms with van der Waals surface area (Å²) in [6.45, 7) is 4.13. The van der Waals surface area contributed by atoms with E-state index < -0.39 is 0 Å². The summed E-state index contributed by atoms with van der Waals surface area (Å²) < 4.78 is 5.11. The fourth-order valence-electron chi connectivity index (χ4n) is 1.96. The van der Waals surface area contributed by atoms with Gasteiger partial charge in [-0.2, -0.15) is 5.10 Å². The number of hydrazone groups is 1. The molecule has 0 saturated heterocycles. The van der Waals surface area contributed by atoms with Gasteiger partial charge in [-0.05, 0) is 61.5 Å². The number of anilines is 1. The van der Waals surface area contributed by atoms with Crippen LogP contribution in [0.2, 0.25) is 0 Å². The molecule has 0 saturated carbocycles. The van der Waals surface area contributed by atoms with Gasteiger partial charge < -0.3 is 10.1 Å². The Labute approximate surface area is 136 Å². The second kappa shape index (κ2) is 7.56. The van der Waals surface area contributed by atoms with E-state index in [1.807, 2.05) is 30.3 Å². The molecule has 0 heterocycles. The van der Waals surface area contributed by atoms with E-state index in [0.717, 1.165) is 17.0 Å². The van der Waals surface area contributed by atoms with Crippen molar-refractivity contribution in [1.29, 1.82) is 0 Å². The molecule has 5 heteroatoms. The number of nitrogens with one attached hydrogen (secondary N) is 2. The summed E-state index contributed by atoms with van der Waals surface area (Å²) in [5, 5.41) is 7.65. The molecule has 0 aliphatic rings. The molecule has 0 bridgehead atoms. The standard InChI is InChI=1S/C17H19N3OS/c1-12-4-5-14(13(2)10-12)11-18-20-17(22)19-15-6-8-16(21-3)9-7-15/h4-11H,1-3H3,(H2,19,20,22)/b18-11-. The van der Waals surface area contributed by atoms with Crippen LogP contribution in [0.25, 0.3) is 0 Å². The van der Waals surface area contributed by atoms with Crippen LogP contribution in [-0.2, 0) is 0 Å². The second-order valence-electron chi connectivity index (χ2n) is 4.91. The van der Waals surface area contributed by atoms with Crippen LogP contribution >= 0.6 is 12.2 Å². The molecule has 2 aromatic carbocycles. The molecule has 0 unspecified atom stereocenters. The molecule has 0 aromatic heterocycles. The summed E-state index contributed by atoms with van der Waals surface area (Å²) in [5.74, 6) is 0.803. The van der Waals surface area contributed by atoms with Crippen LogP contribution in [0.15, 0.2) is 47.6 Å². The largest absolute Gasteiger partial charge is 0.497 e. The molecule has 0 amide bonds. The zero-order valence-corrected chi connectivity index (χ0v) is 13.7. The van der Waals surface area contributed by atoms with Gasteiger partial charge in [0.05, 0.1) is 13.3 Å². The first-order chi connectivity index (χ1) is 10.6. The Kier molecular flexibility index (Phi) is 5.49. The number of methoxy groups -OCH3 is 1. The number of hydrogen-bond donors (Lipinski definition) is 2. The average molecular weight is 313 g/mol. The maximum absolute atomic E-state index is 5.20. The Balaban J connectivity index is 1.90. The van der Waals surface area contributed by atoms with E-state index in [2.05, 4.69) is 41.8 Å². The maximum atomic E-state index is 5.20. The van der Waals surface area contributed by atoms with Gasteiger partial charge in [-0.25, -0.2) is 0 Å². The Morgan fingerprint density at radius 1 is 1.14 bits per heavy atom. The van der Waals surface area contributed by atoms with Crippen molar-refractivity contribution in [3.8, 4) is 5.75 Å². The van der Waals surface area contributed by atoms with E-state index >= 15 is 0 Å².